The Balaban J connectivity index is 1.93. The number of hydrogen-bond acceptors (Lipinski definition) is 3. The predicted octanol–water partition coefficient (Wildman–Crippen LogP) is 5.40. The molecule has 2 aromatic carbocycles. The summed E-state index contributed by atoms with van der Waals surface area (Å²) in [5.41, 5.74) is 3.32. The summed E-state index contributed by atoms with van der Waals surface area (Å²) in [5, 5.41) is 9.57. The lowest BCUT2D eigenvalue weighted by Gasteiger charge is -2.28. The zero-order valence-electron chi connectivity index (χ0n) is 14.8. The van der Waals surface area contributed by atoms with Crippen LogP contribution in [0.5, 0.6) is 0 Å². The molecule has 0 radical (unpaired) electrons. The summed E-state index contributed by atoms with van der Waals surface area (Å²) in [6.45, 7) is 8.71. The van der Waals surface area contributed by atoms with Gasteiger partial charge in [0.15, 0.2) is 0 Å². The molecular weight excluding hydrogens is 294 g/mol. The average Bonchev–Trinajstić information content (AvgIpc) is 2.54. The molecule has 3 rings (SSSR count). The molecule has 0 atom stereocenters. The minimum atomic E-state index is -0.170. The van der Waals surface area contributed by atoms with Crippen molar-refractivity contribution in [3.63, 3.8) is 0 Å². The molecule has 0 aliphatic carbocycles. The van der Waals surface area contributed by atoms with Gasteiger partial charge in [-0.2, -0.15) is 0 Å². The first-order valence-corrected chi connectivity index (χ1v) is 8.43. The summed E-state index contributed by atoms with van der Waals surface area (Å²) in [6, 6.07) is 17.6. The number of pyridine rings is 1. The Morgan fingerprint density at radius 1 is 0.833 bits per heavy atom. The maximum Gasteiger partial charge on any atom is 0.0569 e. The van der Waals surface area contributed by atoms with Crippen LogP contribution in [0.3, 0.4) is 0 Å². The number of rotatable bonds is 5. The highest BCUT2D eigenvalue weighted by Gasteiger charge is 2.20. The van der Waals surface area contributed by atoms with Crippen LogP contribution in [0.2, 0.25) is 0 Å². The maximum atomic E-state index is 4.08. The van der Waals surface area contributed by atoms with E-state index in [9.17, 15) is 0 Å². The van der Waals surface area contributed by atoms with Crippen molar-refractivity contribution < 1.29 is 0 Å². The molecule has 0 saturated carbocycles. The fourth-order valence-electron chi connectivity index (χ4n) is 2.93. The lowest BCUT2D eigenvalue weighted by atomic mass is 9.91. The van der Waals surface area contributed by atoms with Crippen molar-refractivity contribution in [1.82, 2.24) is 4.98 Å². The van der Waals surface area contributed by atoms with E-state index in [0.717, 1.165) is 11.4 Å². The van der Waals surface area contributed by atoms with E-state index >= 15 is 0 Å². The number of aromatic nitrogens is 1. The molecule has 0 aliphatic rings. The zero-order valence-corrected chi connectivity index (χ0v) is 14.8. The van der Waals surface area contributed by atoms with E-state index in [0.29, 0.717) is 6.04 Å². The van der Waals surface area contributed by atoms with Crippen molar-refractivity contribution in [2.45, 2.75) is 39.3 Å². The summed E-state index contributed by atoms with van der Waals surface area (Å²) >= 11 is 0. The number of benzene rings is 2. The Morgan fingerprint density at radius 3 is 2.25 bits per heavy atom. The molecule has 0 bridgehead atoms. The van der Waals surface area contributed by atoms with Crippen LogP contribution in [-0.4, -0.2) is 11.0 Å². The second-order valence-corrected chi connectivity index (χ2v) is 7.06. The summed E-state index contributed by atoms with van der Waals surface area (Å²) in [6.07, 6.45) is 3.62. The van der Waals surface area contributed by atoms with Gasteiger partial charge in [0.1, 0.15) is 0 Å². The molecule has 3 nitrogen and oxygen atoms in total. The highest BCUT2D eigenvalue weighted by Crippen LogP contribution is 2.29. The molecule has 1 aromatic heterocycles. The summed E-state index contributed by atoms with van der Waals surface area (Å²) < 4.78 is 0. The van der Waals surface area contributed by atoms with Gasteiger partial charge in [0.2, 0.25) is 0 Å². The average molecular weight is 319 g/mol. The van der Waals surface area contributed by atoms with Crippen molar-refractivity contribution in [3.8, 4) is 0 Å². The van der Waals surface area contributed by atoms with Crippen molar-refractivity contribution in [1.29, 1.82) is 0 Å². The van der Waals surface area contributed by atoms with Crippen LogP contribution in [0.25, 0.3) is 10.8 Å². The van der Waals surface area contributed by atoms with E-state index in [2.05, 4.69) is 79.7 Å². The lowest BCUT2D eigenvalue weighted by molar-refractivity contribution is 0.610. The predicted molar refractivity (Wildman–Crippen MR) is 104 cm³/mol. The van der Waals surface area contributed by atoms with Gasteiger partial charge in [-0.1, -0.05) is 18.2 Å². The van der Waals surface area contributed by atoms with Crippen molar-refractivity contribution in [2.24, 2.45) is 0 Å². The number of fused-ring (bicyclic) bond motifs is 1. The van der Waals surface area contributed by atoms with Gasteiger partial charge < -0.3 is 10.6 Å². The number of hydrogen-bond donors (Lipinski definition) is 2. The standard InChI is InChI=1S/C21H25N3/c1-15(2)23-20-8-6-16-5-7-18(13-17(16)14-20)21(3,4)24-19-9-11-22-12-10-19/h5-15,23H,1-4H3,(H,22,24). The number of nitrogens with zero attached hydrogens (tertiary/aromatic N) is 1. The molecule has 0 amide bonds. The van der Waals surface area contributed by atoms with Crippen LogP contribution in [0.1, 0.15) is 33.3 Å². The van der Waals surface area contributed by atoms with Gasteiger partial charge in [0, 0.05) is 29.8 Å². The molecule has 0 unspecified atom stereocenters. The minimum absolute atomic E-state index is 0.170. The first-order chi connectivity index (χ1) is 11.4. The second-order valence-electron chi connectivity index (χ2n) is 7.06. The summed E-state index contributed by atoms with van der Waals surface area (Å²) in [5.74, 6) is 0. The monoisotopic (exact) mass is 319 g/mol. The van der Waals surface area contributed by atoms with E-state index in [4.69, 9.17) is 0 Å². The SMILES string of the molecule is CC(C)Nc1ccc2ccc(C(C)(C)Nc3ccncc3)cc2c1. The molecule has 0 aliphatic heterocycles. The van der Waals surface area contributed by atoms with Crippen LogP contribution in [0.4, 0.5) is 11.4 Å². The molecular formula is C21H25N3. The molecule has 1 heterocycles. The third-order valence-electron chi connectivity index (χ3n) is 4.15. The Bertz CT molecular complexity index is 823. The van der Waals surface area contributed by atoms with Gasteiger partial charge >= 0.3 is 0 Å². The summed E-state index contributed by atoms with van der Waals surface area (Å²) in [7, 11) is 0. The van der Waals surface area contributed by atoms with Crippen LogP contribution < -0.4 is 10.6 Å². The first kappa shape index (κ1) is 16.3. The smallest absolute Gasteiger partial charge is 0.0569 e. The highest BCUT2D eigenvalue weighted by molar-refractivity contribution is 5.86. The Kier molecular flexibility index (Phi) is 4.43. The molecule has 24 heavy (non-hydrogen) atoms. The van der Waals surface area contributed by atoms with E-state index in [-0.39, 0.29) is 5.54 Å². The largest absolute Gasteiger partial charge is 0.383 e. The van der Waals surface area contributed by atoms with E-state index in [1.807, 2.05) is 24.5 Å². The van der Waals surface area contributed by atoms with Crippen LogP contribution >= 0.6 is 0 Å². The van der Waals surface area contributed by atoms with Gasteiger partial charge in [0.25, 0.3) is 0 Å². The fourth-order valence-corrected chi connectivity index (χ4v) is 2.93. The maximum absolute atomic E-state index is 4.08. The molecule has 3 aromatic rings. The fraction of sp³-hybridized carbons (Fsp3) is 0.286. The molecule has 2 N–H and O–H groups in total. The third kappa shape index (κ3) is 3.67. The molecule has 0 spiro atoms. The third-order valence-corrected chi connectivity index (χ3v) is 4.15. The topological polar surface area (TPSA) is 37.0 Å². The lowest BCUT2D eigenvalue weighted by Crippen LogP contribution is -2.27. The number of nitrogens with one attached hydrogen (secondary N) is 2. The van der Waals surface area contributed by atoms with Gasteiger partial charge in [-0.15, -0.1) is 0 Å². The quantitative estimate of drug-likeness (QED) is 0.661. The number of anilines is 2. The van der Waals surface area contributed by atoms with Crippen LogP contribution in [-0.2, 0) is 5.54 Å². The van der Waals surface area contributed by atoms with Crippen molar-refractivity contribution >= 4 is 22.1 Å². The van der Waals surface area contributed by atoms with E-state index in [1.54, 1.807) is 0 Å². The van der Waals surface area contributed by atoms with Crippen LogP contribution in [0, 0.1) is 0 Å². The van der Waals surface area contributed by atoms with E-state index in [1.165, 1.54) is 16.3 Å². The van der Waals surface area contributed by atoms with Gasteiger partial charge in [-0.25, -0.2) is 0 Å². The van der Waals surface area contributed by atoms with Gasteiger partial charge in [-0.3, -0.25) is 4.98 Å². The van der Waals surface area contributed by atoms with Gasteiger partial charge in [0.05, 0.1) is 5.54 Å². The molecule has 0 fully saturated rings. The van der Waals surface area contributed by atoms with Gasteiger partial charge in [-0.05, 0) is 74.4 Å². The highest BCUT2D eigenvalue weighted by atomic mass is 15.0. The summed E-state index contributed by atoms with van der Waals surface area (Å²) in [4.78, 5) is 4.08. The normalized spacial score (nSPS) is 11.7. The zero-order chi connectivity index (χ0) is 17.2. The minimum Gasteiger partial charge on any atom is -0.383 e. The van der Waals surface area contributed by atoms with Crippen molar-refractivity contribution in [2.75, 3.05) is 10.6 Å². The van der Waals surface area contributed by atoms with Crippen LogP contribution in [0.15, 0.2) is 60.9 Å². The first-order valence-electron chi connectivity index (χ1n) is 8.43. The molecule has 0 saturated heterocycles. The Morgan fingerprint density at radius 2 is 1.54 bits per heavy atom. The Labute approximate surface area is 144 Å². The van der Waals surface area contributed by atoms with Crippen molar-refractivity contribution in [3.05, 3.63) is 66.5 Å². The Hall–Kier alpha value is -2.55. The van der Waals surface area contributed by atoms with E-state index < -0.39 is 0 Å². The molecule has 124 valence electrons. The second kappa shape index (κ2) is 6.52. The molecule has 3 heteroatoms.